The predicted octanol–water partition coefficient (Wildman–Crippen LogP) is 4.16. The maximum atomic E-state index is 9.02. The molecule has 3 rings (SSSR count). The van der Waals surface area contributed by atoms with Gasteiger partial charge < -0.3 is 20.1 Å². The van der Waals surface area contributed by atoms with Gasteiger partial charge in [0.15, 0.2) is 11.5 Å². The molecule has 0 aliphatic carbocycles. The van der Waals surface area contributed by atoms with E-state index in [1.54, 1.807) is 32.4 Å². The average molecular weight is 361 g/mol. The van der Waals surface area contributed by atoms with Gasteiger partial charge in [0.05, 0.1) is 25.9 Å². The van der Waals surface area contributed by atoms with E-state index in [2.05, 4.69) is 26.7 Å². The molecule has 3 aromatic rings. The summed E-state index contributed by atoms with van der Waals surface area (Å²) in [5, 5.41) is 15.4. The van der Waals surface area contributed by atoms with Crippen molar-refractivity contribution in [2.24, 2.45) is 0 Å². The maximum absolute atomic E-state index is 9.02. The third kappa shape index (κ3) is 4.44. The van der Waals surface area contributed by atoms with Gasteiger partial charge in [0.1, 0.15) is 5.82 Å². The first-order chi connectivity index (χ1) is 13.1. The smallest absolute Gasteiger partial charge is 0.229 e. The van der Waals surface area contributed by atoms with E-state index in [9.17, 15) is 0 Å². The fourth-order valence-corrected chi connectivity index (χ4v) is 2.55. The van der Waals surface area contributed by atoms with Crippen molar-refractivity contribution in [3.8, 4) is 17.6 Å². The summed E-state index contributed by atoms with van der Waals surface area (Å²) in [6.45, 7) is 1.89. The lowest BCUT2D eigenvalue weighted by molar-refractivity contribution is 0.355. The number of hydrogen-bond acceptors (Lipinski definition) is 7. The summed E-state index contributed by atoms with van der Waals surface area (Å²) >= 11 is 0. The Bertz CT molecular complexity index is 998. The highest BCUT2D eigenvalue weighted by atomic mass is 16.5. The zero-order chi connectivity index (χ0) is 19.2. The van der Waals surface area contributed by atoms with Gasteiger partial charge in [-0.2, -0.15) is 10.2 Å². The zero-order valence-electron chi connectivity index (χ0n) is 15.3. The molecule has 0 atom stereocenters. The Hall–Kier alpha value is -3.79. The molecule has 0 fully saturated rings. The lowest BCUT2D eigenvalue weighted by Crippen LogP contribution is -2.02. The number of anilines is 4. The van der Waals surface area contributed by atoms with Crippen molar-refractivity contribution in [1.29, 1.82) is 5.26 Å². The van der Waals surface area contributed by atoms with E-state index >= 15 is 0 Å². The molecule has 0 unspecified atom stereocenters. The molecule has 0 saturated heterocycles. The van der Waals surface area contributed by atoms with Gasteiger partial charge in [0.25, 0.3) is 0 Å². The second-order valence-electron chi connectivity index (χ2n) is 5.73. The van der Waals surface area contributed by atoms with Crippen LogP contribution in [0.1, 0.15) is 11.3 Å². The van der Waals surface area contributed by atoms with Gasteiger partial charge in [-0.25, -0.2) is 4.98 Å². The first-order valence-electron chi connectivity index (χ1n) is 8.23. The highest BCUT2D eigenvalue weighted by molar-refractivity contribution is 5.63. The lowest BCUT2D eigenvalue weighted by Gasteiger charge is -2.12. The molecule has 1 heterocycles. The molecule has 27 heavy (non-hydrogen) atoms. The van der Waals surface area contributed by atoms with Crippen molar-refractivity contribution in [3.05, 3.63) is 59.8 Å². The molecule has 1 aromatic heterocycles. The zero-order valence-corrected chi connectivity index (χ0v) is 15.3. The Balaban J connectivity index is 1.84. The second kappa shape index (κ2) is 8.06. The van der Waals surface area contributed by atoms with Gasteiger partial charge >= 0.3 is 0 Å². The number of hydrogen-bond donors (Lipinski definition) is 2. The minimum Gasteiger partial charge on any atom is -0.493 e. The highest BCUT2D eigenvalue weighted by Gasteiger charge is 2.07. The van der Waals surface area contributed by atoms with Crippen LogP contribution in [-0.4, -0.2) is 24.2 Å². The SMILES string of the molecule is COc1ccc(Nc2cc(C)nc(Nc3cccc(C#N)c3)n2)cc1OC. The molecule has 0 saturated carbocycles. The van der Waals surface area contributed by atoms with E-state index in [1.807, 2.05) is 37.3 Å². The summed E-state index contributed by atoms with van der Waals surface area (Å²) < 4.78 is 10.6. The molecular formula is C20H19N5O2. The summed E-state index contributed by atoms with van der Waals surface area (Å²) in [7, 11) is 3.19. The van der Waals surface area contributed by atoms with Gasteiger partial charge in [-0.3, -0.25) is 0 Å². The predicted molar refractivity (Wildman–Crippen MR) is 104 cm³/mol. The molecular weight excluding hydrogens is 342 g/mol. The van der Waals surface area contributed by atoms with Crippen molar-refractivity contribution in [2.75, 3.05) is 24.9 Å². The average Bonchev–Trinajstić information content (AvgIpc) is 2.67. The quantitative estimate of drug-likeness (QED) is 0.681. The van der Waals surface area contributed by atoms with Gasteiger partial charge in [0, 0.05) is 29.2 Å². The summed E-state index contributed by atoms with van der Waals surface area (Å²) in [5.41, 5.74) is 2.92. The molecule has 0 amide bonds. The fraction of sp³-hybridized carbons (Fsp3) is 0.150. The van der Waals surface area contributed by atoms with Crippen LogP contribution in [0.5, 0.6) is 11.5 Å². The number of ether oxygens (including phenoxy) is 2. The molecule has 2 aromatic carbocycles. The molecule has 0 radical (unpaired) electrons. The van der Waals surface area contributed by atoms with Crippen LogP contribution in [0.2, 0.25) is 0 Å². The number of benzene rings is 2. The number of aromatic nitrogens is 2. The number of nitriles is 1. The van der Waals surface area contributed by atoms with Crippen molar-refractivity contribution >= 4 is 23.1 Å². The minimum atomic E-state index is 0.438. The largest absolute Gasteiger partial charge is 0.493 e. The Morgan fingerprint density at radius 1 is 0.889 bits per heavy atom. The molecule has 2 N–H and O–H groups in total. The monoisotopic (exact) mass is 361 g/mol. The summed E-state index contributed by atoms with van der Waals surface area (Å²) in [4.78, 5) is 8.89. The number of methoxy groups -OCH3 is 2. The van der Waals surface area contributed by atoms with Crippen LogP contribution in [0.3, 0.4) is 0 Å². The first kappa shape index (κ1) is 18.0. The number of nitrogens with one attached hydrogen (secondary N) is 2. The lowest BCUT2D eigenvalue weighted by atomic mass is 10.2. The Kier molecular flexibility index (Phi) is 5.38. The van der Waals surface area contributed by atoms with Crippen LogP contribution in [0.4, 0.5) is 23.1 Å². The molecule has 0 spiro atoms. The van der Waals surface area contributed by atoms with Crippen LogP contribution in [0.15, 0.2) is 48.5 Å². The van der Waals surface area contributed by atoms with Crippen LogP contribution in [0.25, 0.3) is 0 Å². The summed E-state index contributed by atoms with van der Waals surface area (Å²) in [6, 6.07) is 16.6. The van der Waals surface area contributed by atoms with Crippen molar-refractivity contribution in [3.63, 3.8) is 0 Å². The maximum Gasteiger partial charge on any atom is 0.229 e. The van der Waals surface area contributed by atoms with Gasteiger partial charge in [-0.1, -0.05) is 6.07 Å². The first-order valence-corrected chi connectivity index (χ1v) is 8.23. The normalized spacial score (nSPS) is 10.0. The molecule has 0 aliphatic heterocycles. The van der Waals surface area contributed by atoms with Crippen molar-refractivity contribution in [2.45, 2.75) is 6.92 Å². The molecule has 0 aliphatic rings. The van der Waals surface area contributed by atoms with Crippen LogP contribution >= 0.6 is 0 Å². The molecule has 136 valence electrons. The van der Waals surface area contributed by atoms with Crippen molar-refractivity contribution < 1.29 is 9.47 Å². The van der Waals surface area contributed by atoms with E-state index < -0.39 is 0 Å². The van der Waals surface area contributed by atoms with E-state index in [-0.39, 0.29) is 0 Å². The third-order valence-electron chi connectivity index (χ3n) is 3.76. The van der Waals surface area contributed by atoms with Gasteiger partial charge in [0.2, 0.25) is 5.95 Å². The topological polar surface area (TPSA) is 92.1 Å². The number of nitrogens with zero attached hydrogens (tertiary/aromatic N) is 3. The number of aryl methyl sites for hydroxylation is 1. The van der Waals surface area contributed by atoms with Gasteiger partial charge in [-0.15, -0.1) is 0 Å². The number of rotatable bonds is 6. The van der Waals surface area contributed by atoms with Gasteiger partial charge in [-0.05, 0) is 37.3 Å². The highest BCUT2D eigenvalue weighted by Crippen LogP contribution is 2.31. The molecule has 0 bridgehead atoms. The van der Waals surface area contributed by atoms with Crippen molar-refractivity contribution in [1.82, 2.24) is 9.97 Å². The minimum absolute atomic E-state index is 0.438. The summed E-state index contributed by atoms with van der Waals surface area (Å²) in [5.74, 6) is 2.35. The third-order valence-corrected chi connectivity index (χ3v) is 3.76. The molecule has 7 nitrogen and oxygen atoms in total. The Morgan fingerprint density at radius 3 is 2.41 bits per heavy atom. The van der Waals surface area contributed by atoms with Crippen LogP contribution in [0, 0.1) is 18.3 Å². The Labute approximate surface area is 157 Å². The van der Waals surface area contributed by atoms with E-state index in [4.69, 9.17) is 14.7 Å². The van der Waals surface area contributed by atoms with E-state index in [0.717, 1.165) is 17.1 Å². The fourth-order valence-electron chi connectivity index (χ4n) is 2.55. The standard InChI is InChI=1S/C20H19N5O2/c1-13-9-19(23-16-7-8-17(26-2)18(11-16)27-3)25-20(22-13)24-15-6-4-5-14(10-15)12-21/h4-11H,1-3H3,(H2,22,23,24,25). The van der Waals surface area contributed by atoms with Crippen LogP contribution in [-0.2, 0) is 0 Å². The Morgan fingerprint density at radius 2 is 1.67 bits per heavy atom. The van der Waals surface area contributed by atoms with E-state index in [0.29, 0.717) is 28.8 Å². The van der Waals surface area contributed by atoms with Crippen LogP contribution < -0.4 is 20.1 Å². The molecule has 7 heteroatoms. The second-order valence-corrected chi connectivity index (χ2v) is 5.73. The van der Waals surface area contributed by atoms with E-state index in [1.165, 1.54) is 0 Å². The summed E-state index contributed by atoms with van der Waals surface area (Å²) in [6.07, 6.45) is 0.